The van der Waals surface area contributed by atoms with Crippen LogP contribution in [0.25, 0.3) is 0 Å². The molecule has 0 fully saturated rings. The monoisotopic (exact) mass is 222 g/mol. The van der Waals surface area contributed by atoms with Gasteiger partial charge in [-0.3, -0.25) is 0 Å². The number of hydrogen-bond acceptors (Lipinski definition) is 1. The van der Waals surface area contributed by atoms with Crippen molar-refractivity contribution in [2.24, 2.45) is 0 Å². The van der Waals surface area contributed by atoms with E-state index in [2.05, 4.69) is 37.3 Å². The van der Waals surface area contributed by atoms with Gasteiger partial charge in [0.25, 0.3) is 0 Å². The number of aliphatic hydroxyl groups excluding tert-OH is 1. The first-order chi connectivity index (χ1) is 7.91. The van der Waals surface area contributed by atoms with Gasteiger partial charge in [0.05, 0.1) is 0 Å². The predicted octanol–water partition coefficient (Wildman–Crippen LogP) is 4.40. The minimum atomic E-state index is 0.251. The molecule has 0 atom stereocenters. The lowest BCUT2D eigenvalue weighted by atomic mass is 10.2. The average Bonchev–Trinajstić information content (AvgIpc) is 2.31. The van der Waals surface area contributed by atoms with Gasteiger partial charge in [-0.05, 0) is 32.1 Å². The van der Waals surface area contributed by atoms with E-state index in [4.69, 9.17) is 5.11 Å². The van der Waals surface area contributed by atoms with Crippen LogP contribution in [0.1, 0.15) is 51.9 Å². The molecule has 92 valence electrons. The zero-order chi connectivity index (χ0) is 11.9. The summed E-state index contributed by atoms with van der Waals surface area (Å²) in [5.41, 5.74) is 0. The van der Waals surface area contributed by atoms with Crippen LogP contribution in [0.5, 0.6) is 0 Å². The smallest absolute Gasteiger partial charge is 0.0465 e. The molecule has 1 heteroatoms. The van der Waals surface area contributed by atoms with Crippen LogP contribution in [-0.4, -0.2) is 11.7 Å². The maximum atomic E-state index is 8.55. The molecule has 0 aliphatic heterocycles. The Labute approximate surface area is 101 Å². The zero-order valence-corrected chi connectivity index (χ0v) is 10.6. The molecule has 0 saturated carbocycles. The molecule has 0 aliphatic rings. The second-order valence-corrected chi connectivity index (χ2v) is 3.89. The SMILES string of the molecule is CCCCC/C=C\C/C=C\C/C=C\CCO. The van der Waals surface area contributed by atoms with Crippen molar-refractivity contribution >= 4 is 0 Å². The van der Waals surface area contributed by atoms with Crippen LogP contribution < -0.4 is 0 Å². The molecule has 1 nitrogen and oxygen atoms in total. The summed E-state index contributed by atoms with van der Waals surface area (Å²) >= 11 is 0. The number of rotatable bonds is 10. The van der Waals surface area contributed by atoms with Gasteiger partial charge in [-0.25, -0.2) is 0 Å². The summed E-state index contributed by atoms with van der Waals surface area (Å²) in [7, 11) is 0. The second kappa shape index (κ2) is 14.2. The molecule has 0 heterocycles. The van der Waals surface area contributed by atoms with Crippen LogP contribution in [0.2, 0.25) is 0 Å². The molecule has 0 rings (SSSR count). The van der Waals surface area contributed by atoms with Crippen LogP contribution >= 0.6 is 0 Å². The molecule has 0 amide bonds. The van der Waals surface area contributed by atoms with E-state index in [1.165, 1.54) is 25.7 Å². The summed E-state index contributed by atoms with van der Waals surface area (Å²) in [4.78, 5) is 0. The number of allylic oxidation sites excluding steroid dienone is 5. The van der Waals surface area contributed by atoms with Crippen LogP contribution in [0.15, 0.2) is 36.5 Å². The van der Waals surface area contributed by atoms with E-state index < -0.39 is 0 Å². The lowest BCUT2D eigenvalue weighted by Gasteiger charge is -1.90. The zero-order valence-electron chi connectivity index (χ0n) is 10.6. The molecule has 16 heavy (non-hydrogen) atoms. The van der Waals surface area contributed by atoms with E-state index in [1.807, 2.05) is 6.08 Å². The highest BCUT2D eigenvalue weighted by Crippen LogP contribution is 2.00. The van der Waals surface area contributed by atoms with Crippen LogP contribution in [0.4, 0.5) is 0 Å². The Morgan fingerprint density at radius 1 is 0.750 bits per heavy atom. The van der Waals surface area contributed by atoms with Crippen molar-refractivity contribution in [3.05, 3.63) is 36.5 Å². The van der Waals surface area contributed by atoms with Gasteiger partial charge < -0.3 is 5.11 Å². The van der Waals surface area contributed by atoms with E-state index in [-0.39, 0.29) is 6.61 Å². The van der Waals surface area contributed by atoms with Gasteiger partial charge in [0, 0.05) is 6.61 Å². The van der Waals surface area contributed by atoms with Crippen molar-refractivity contribution in [2.75, 3.05) is 6.61 Å². The third-order valence-corrected chi connectivity index (χ3v) is 2.31. The summed E-state index contributed by atoms with van der Waals surface area (Å²) in [6.45, 7) is 2.48. The number of unbranched alkanes of at least 4 members (excludes halogenated alkanes) is 3. The lowest BCUT2D eigenvalue weighted by Crippen LogP contribution is -1.74. The Bertz CT molecular complexity index is 201. The summed E-state index contributed by atoms with van der Waals surface area (Å²) in [6.07, 6.45) is 21.0. The first-order valence-corrected chi connectivity index (χ1v) is 6.47. The summed E-state index contributed by atoms with van der Waals surface area (Å²) in [6, 6.07) is 0. The van der Waals surface area contributed by atoms with Crippen LogP contribution in [0, 0.1) is 0 Å². The summed E-state index contributed by atoms with van der Waals surface area (Å²) < 4.78 is 0. The molecule has 0 radical (unpaired) electrons. The van der Waals surface area contributed by atoms with E-state index in [1.54, 1.807) is 0 Å². The first-order valence-electron chi connectivity index (χ1n) is 6.47. The molecule has 1 N–H and O–H groups in total. The molecule has 0 spiro atoms. The molecule has 0 unspecified atom stereocenters. The van der Waals surface area contributed by atoms with E-state index >= 15 is 0 Å². The Morgan fingerprint density at radius 3 is 1.88 bits per heavy atom. The fourth-order valence-electron chi connectivity index (χ4n) is 1.36. The Kier molecular flexibility index (Phi) is 13.5. The van der Waals surface area contributed by atoms with Gasteiger partial charge in [0.1, 0.15) is 0 Å². The van der Waals surface area contributed by atoms with Crippen LogP contribution in [0.3, 0.4) is 0 Å². The maximum Gasteiger partial charge on any atom is 0.0465 e. The molecular weight excluding hydrogens is 196 g/mol. The molecule has 0 saturated heterocycles. The largest absolute Gasteiger partial charge is 0.396 e. The average molecular weight is 222 g/mol. The lowest BCUT2D eigenvalue weighted by molar-refractivity contribution is 0.302. The van der Waals surface area contributed by atoms with Gasteiger partial charge in [0.2, 0.25) is 0 Å². The van der Waals surface area contributed by atoms with Crippen molar-refractivity contribution in [1.82, 2.24) is 0 Å². The summed E-state index contributed by atoms with van der Waals surface area (Å²) in [5.74, 6) is 0. The fraction of sp³-hybridized carbons (Fsp3) is 0.600. The third kappa shape index (κ3) is 13.2. The topological polar surface area (TPSA) is 20.2 Å². The number of hydrogen-bond donors (Lipinski definition) is 1. The third-order valence-electron chi connectivity index (χ3n) is 2.31. The van der Waals surface area contributed by atoms with Gasteiger partial charge in [0.15, 0.2) is 0 Å². The normalized spacial score (nSPS) is 12.4. The molecule has 0 aromatic rings. The van der Waals surface area contributed by atoms with Crippen molar-refractivity contribution in [1.29, 1.82) is 0 Å². The van der Waals surface area contributed by atoms with Crippen molar-refractivity contribution < 1.29 is 5.11 Å². The van der Waals surface area contributed by atoms with Crippen molar-refractivity contribution in [2.45, 2.75) is 51.9 Å². The minimum Gasteiger partial charge on any atom is -0.396 e. The molecule has 0 aromatic heterocycles. The fourth-order valence-corrected chi connectivity index (χ4v) is 1.36. The van der Waals surface area contributed by atoms with Gasteiger partial charge >= 0.3 is 0 Å². The second-order valence-electron chi connectivity index (χ2n) is 3.89. The van der Waals surface area contributed by atoms with Crippen LogP contribution in [-0.2, 0) is 0 Å². The Hall–Kier alpha value is -0.820. The Balaban J connectivity index is 3.26. The summed E-state index contributed by atoms with van der Waals surface area (Å²) in [5, 5.41) is 8.55. The van der Waals surface area contributed by atoms with Gasteiger partial charge in [-0.2, -0.15) is 0 Å². The molecule has 0 aliphatic carbocycles. The van der Waals surface area contributed by atoms with Gasteiger partial charge in [-0.15, -0.1) is 0 Å². The van der Waals surface area contributed by atoms with Crippen molar-refractivity contribution in [3.63, 3.8) is 0 Å². The molecular formula is C15H26O. The van der Waals surface area contributed by atoms with E-state index in [0.717, 1.165) is 19.3 Å². The van der Waals surface area contributed by atoms with Crippen molar-refractivity contribution in [3.8, 4) is 0 Å². The maximum absolute atomic E-state index is 8.55. The molecule has 0 aromatic carbocycles. The molecule has 0 bridgehead atoms. The Morgan fingerprint density at radius 2 is 1.31 bits per heavy atom. The standard InChI is InChI=1S/C15H26O/c1-2-3-4-5-6-7-8-9-10-11-12-13-14-15-16/h6-7,9-10,12-13,16H,2-5,8,11,14-15H2,1H3/b7-6-,10-9-,13-12-. The number of aliphatic hydroxyl groups is 1. The highest BCUT2D eigenvalue weighted by Gasteiger charge is 1.80. The van der Waals surface area contributed by atoms with E-state index in [0.29, 0.717) is 0 Å². The highest BCUT2D eigenvalue weighted by molar-refractivity contribution is 4.97. The first kappa shape index (κ1) is 15.2. The van der Waals surface area contributed by atoms with Gasteiger partial charge in [-0.1, -0.05) is 56.2 Å². The minimum absolute atomic E-state index is 0.251. The predicted molar refractivity (Wildman–Crippen MR) is 72.5 cm³/mol. The highest BCUT2D eigenvalue weighted by atomic mass is 16.2. The van der Waals surface area contributed by atoms with E-state index in [9.17, 15) is 0 Å². The quantitative estimate of drug-likeness (QED) is 0.429.